The number of halogens is 1. The van der Waals surface area contributed by atoms with Gasteiger partial charge in [-0.2, -0.15) is 10.2 Å². The molecule has 2 aromatic carbocycles. The van der Waals surface area contributed by atoms with Crippen molar-refractivity contribution in [3.63, 3.8) is 0 Å². The SMILES string of the molecule is CC(C)(C)c1ccc(/C=C/c2nc(C#N)c(N3CCN(C(=O)COc4ccccc4F)CC3)o2)cc1. The molecule has 0 bridgehead atoms. The Labute approximate surface area is 210 Å². The molecule has 8 heteroatoms. The molecule has 4 rings (SSSR count). The molecule has 3 aromatic rings. The number of hydrogen-bond donors (Lipinski definition) is 0. The van der Waals surface area contributed by atoms with Gasteiger partial charge in [0.1, 0.15) is 6.07 Å². The van der Waals surface area contributed by atoms with Crippen LogP contribution in [0.25, 0.3) is 12.2 Å². The quantitative estimate of drug-likeness (QED) is 0.492. The highest BCUT2D eigenvalue weighted by Crippen LogP contribution is 2.25. The molecule has 0 N–H and O–H groups in total. The van der Waals surface area contributed by atoms with Gasteiger partial charge in [-0.3, -0.25) is 4.79 Å². The number of oxazole rings is 1. The number of hydrogen-bond acceptors (Lipinski definition) is 6. The van der Waals surface area contributed by atoms with Crippen LogP contribution in [0.15, 0.2) is 52.9 Å². The van der Waals surface area contributed by atoms with Gasteiger partial charge in [0.15, 0.2) is 18.2 Å². The van der Waals surface area contributed by atoms with Crippen molar-refractivity contribution in [1.29, 1.82) is 5.26 Å². The number of para-hydroxylation sites is 1. The minimum atomic E-state index is -0.503. The van der Waals surface area contributed by atoms with E-state index < -0.39 is 5.82 Å². The topological polar surface area (TPSA) is 82.6 Å². The molecule has 0 saturated carbocycles. The lowest BCUT2D eigenvalue weighted by Crippen LogP contribution is -2.50. The second-order valence-electron chi connectivity index (χ2n) is 9.61. The number of ether oxygens (including phenoxy) is 1. The van der Waals surface area contributed by atoms with Crippen molar-refractivity contribution < 1.29 is 18.3 Å². The van der Waals surface area contributed by atoms with E-state index in [4.69, 9.17) is 9.15 Å². The molecular weight excluding hydrogens is 459 g/mol. The lowest BCUT2D eigenvalue weighted by molar-refractivity contribution is -0.133. The van der Waals surface area contributed by atoms with Gasteiger partial charge in [0.2, 0.25) is 17.5 Å². The number of aromatic nitrogens is 1. The van der Waals surface area contributed by atoms with Gasteiger partial charge in [-0.15, -0.1) is 0 Å². The average Bonchev–Trinajstić information content (AvgIpc) is 3.30. The number of nitriles is 1. The van der Waals surface area contributed by atoms with Crippen LogP contribution in [0.4, 0.5) is 10.3 Å². The average molecular weight is 489 g/mol. The van der Waals surface area contributed by atoms with Gasteiger partial charge in [0.25, 0.3) is 5.91 Å². The molecule has 1 aliphatic heterocycles. The van der Waals surface area contributed by atoms with Crippen molar-refractivity contribution >= 4 is 23.9 Å². The van der Waals surface area contributed by atoms with Crippen molar-refractivity contribution in [3.05, 3.63) is 77.1 Å². The molecule has 186 valence electrons. The molecule has 0 atom stereocenters. The molecule has 0 aliphatic carbocycles. The molecule has 1 saturated heterocycles. The van der Waals surface area contributed by atoms with Gasteiger partial charge < -0.3 is 19.0 Å². The fourth-order valence-electron chi connectivity index (χ4n) is 3.90. The van der Waals surface area contributed by atoms with Crippen molar-refractivity contribution in [2.75, 3.05) is 37.7 Å². The van der Waals surface area contributed by atoms with E-state index in [2.05, 4.69) is 44.0 Å². The Morgan fingerprint density at radius 3 is 2.44 bits per heavy atom. The second-order valence-corrected chi connectivity index (χ2v) is 9.61. The molecule has 2 heterocycles. The zero-order valence-corrected chi connectivity index (χ0v) is 20.7. The molecule has 1 amide bonds. The number of anilines is 1. The summed E-state index contributed by atoms with van der Waals surface area (Å²) in [6.45, 7) is 8.09. The second kappa shape index (κ2) is 10.6. The zero-order valence-electron chi connectivity index (χ0n) is 20.7. The molecule has 36 heavy (non-hydrogen) atoms. The van der Waals surface area contributed by atoms with E-state index in [9.17, 15) is 14.4 Å². The van der Waals surface area contributed by atoms with Gasteiger partial charge in [0.05, 0.1) is 0 Å². The predicted octanol–water partition coefficient (Wildman–Crippen LogP) is 4.88. The maximum atomic E-state index is 13.7. The zero-order chi connectivity index (χ0) is 25.7. The maximum Gasteiger partial charge on any atom is 0.260 e. The molecular formula is C28H29FN4O3. The maximum absolute atomic E-state index is 13.7. The Hall–Kier alpha value is -4.12. The summed E-state index contributed by atoms with van der Waals surface area (Å²) in [5.74, 6) is 0.0667. The Kier molecular flexibility index (Phi) is 7.39. The fourth-order valence-corrected chi connectivity index (χ4v) is 3.90. The largest absolute Gasteiger partial charge is 0.481 e. The Morgan fingerprint density at radius 2 is 1.81 bits per heavy atom. The summed E-state index contributed by atoms with van der Waals surface area (Å²) in [5.41, 5.74) is 2.55. The van der Waals surface area contributed by atoms with Crippen molar-refractivity contribution in [2.45, 2.75) is 26.2 Å². The molecule has 0 radical (unpaired) electrons. The Bertz CT molecular complexity index is 1280. The highest BCUT2D eigenvalue weighted by atomic mass is 19.1. The van der Waals surface area contributed by atoms with E-state index in [0.29, 0.717) is 38.0 Å². The van der Waals surface area contributed by atoms with Crippen LogP contribution in [0.3, 0.4) is 0 Å². The summed E-state index contributed by atoms with van der Waals surface area (Å²) in [5, 5.41) is 9.56. The number of carbonyl (C=O) groups excluding carboxylic acids is 1. The van der Waals surface area contributed by atoms with E-state index in [1.54, 1.807) is 23.1 Å². The van der Waals surface area contributed by atoms with Gasteiger partial charge in [0, 0.05) is 32.3 Å². The number of carbonyl (C=O) groups is 1. The van der Waals surface area contributed by atoms with E-state index in [1.165, 1.54) is 17.7 Å². The van der Waals surface area contributed by atoms with Crippen LogP contribution in [0.1, 0.15) is 43.5 Å². The first-order valence-corrected chi connectivity index (χ1v) is 11.8. The molecule has 1 aromatic heterocycles. The van der Waals surface area contributed by atoms with Crippen LogP contribution in [0.2, 0.25) is 0 Å². The third-order valence-electron chi connectivity index (χ3n) is 6.03. The van der Waals surface area contributed by atoms with Gasteiger partial charge in [-0.05, 0) is 34.8 Å². The summed E-state index contributed by atoms with van der Waals surface area (Å²) >= 11 is 0. The van der Waals surface area contributed by atoms with Crippen molar-refractivity contribution in [2.24, 2.45) is 0 Å². The number of benzene rings is 2. The van der Waals surface area contributed by atoms with Gasteiger partial charge >= 0.3 is 0 Å². The summed E-state index contributed by atoms with van der Waals surface area (Å²) in [6.07, 6.45) is 3.64. The van der Waals surface area contributed by atoms with Crippen LogP contribution in [0.5, 0.6) is 5.75 Å². The number of piperazine rings is 1. The normalized spacial score (nSPS) is 14.2. The van der Waals surface area contributed by atoms with Crippen LogP contribution in [0, 0.1) is 17.1 Å². The lowest BCUT2D eigenvalue weighted by Gasteiger charge is -2.34. The highest BCUT2D eigenvalue weighted by molar-refractivity contribution is 5.78. The number of rotatable bonds is 6. The van der Waals surface area contributed by atoms with Crippen LogP contribution < -0.4 is 9.64 Å². The fraction of sp³-hybridized carbons (Fsp3) is 0.321. The summed E-state index contributed by atoms with van der Waals surface area (Å²) in [4.78, 5) is 20.4. The van der Waals surface area contributed by atoms with Gasteiger partial charge in [-0.25, -0.2) is 4.39 Å². The predicted molar refractivity (Wildman–Crippen MR) is 136 cm³/mol. The first-order valence-electron chi connectivity index (χ1n) is 11.8. The Balaban J connectivity index is 1.35. The third-order valence-corrected chi connectivity index (χ3v) is 6.03. The standard InChI is InChI=1S/C28H29FN4O3/c1-28(2,3)21-11-8-20(9-12-21)10-13-25-31-23(18-30)27(36-25)33-16-14-32(15-17-33)26(34)19-35-24-7-5-4-6-22(24)29/h4-13H,14-17,19H2,1-3H3/b13-10+. The summed E-state index contributed by atoms with van der Waals surface area (Å²) < 4.78 is 24.9. The molecule has 1 fully saturated rings. The van der Waals surface area contributed by atoms with E-state index in [-0.39, 0.29) is 29.4 Å². The minimum Gasteiger partial charge on any atom is -0.481 e. The van der Waals surface area contributed by atoms with E-state index in [0.717, 1.165) is 5.56 Å². The van der Waals surface area contributed by atoms with Crippen molar-refractivity contribution in [1.82, 2.24) is 9.88 Å². The van der Waals surface area contributed by atoms with Crippen LogP contribution in [-0.4, -0.2) is 48.6 Å². The molecule has 0 unspecified atom stereocenters. The van der Waals surface area contributed by atoms with E-state index >= 15 is 0 Å². The first-order chi connectivity index (χ1) is 17.2. The minimum absolute atomic E-state index is 0.0514. The van der Waals surface area contributed by atoms with E-state index in [1.807, 2.05) is 23.1 Å². The van der Waals surface area contributed by atoms with Gasteiger partial charge in [-0.1, -0.05) is 57.2 Å². The first kappa shape index (κ1) is 25.0. The highest BCUT2D eigenvalue weighted by Gasteiger charge is 2.26. The monoisotopic (exact) mass is 488 g/mol. The number of amides is 1. The molecule has 0 spiro atoms. The summed E-state index contributed by atoms with van der Waals surface area (Å²) in [6, 6.07) is 16.4. The smallest absolute Gasteiger partial charge is 0.260 e. The van der Waals surface area contributed by atoms with Crippen LogP contribution >= 0.6 is 0 Å². The van der Waals surface area contributed by atoms with Crippen molar-refractivity contribution in [3.8, 4) is 11.8 Å². The number of nitrogens with zero attached hydrogens (tertiary/aromatic N) is 4. The molecule has 1 aliphatic rings. The molecule has 7 nitrogen and oxygen atoms in total. The lowest BCUT2D eigenvalue weighted by atomic mass is 9.87. The summed E-state index contributed by atoms with van der Waals surface area (Å²) in [7, 11) is 0. The van der Waals surface area contributed by atoms with Crippen LogP contribution in [-0.2, 0) is 10.2 Å². The third kappa shape index (κ3) is 5.92. The Morgan fingerprint density at radius 1 is 1.11 bits per heavy atom.